The molecular weight excluding hydrogens is 1840 g/mol. The van der Waals surface area contributed by atoms with Gasteiger partial charge >= 0.3 is 6.18 Å². The van der Waals surface area contributed by atoms with Gasteiger partial charge in [-0.15, -0.1) is 0 Å². The first-order chi connectivity index (χ1) is 65.4. The largest absolute Gasteiger partial charge is 0.417 e. The fourth-order valence-electron chi connectivity index (χ4n) is 15.3. The monoisotopic (exact) mass is 1910 g/mol. The van der Waals surface area contributed by atoms with Crippen molar-refractivity contribution in [2.45, 2.75) is 111 Å². The molecule has 12 aromatic heterocycles. The third kappa shape index (κ3) is 19.1. The van der Waals surface area contributed by atoms with Crippen LogP contribution in [0.5, 0.6) is 0 Å². The van der Waals surface area contributed by atoms with Crippen LogP contribution in [0.3, 0.4) is 0 Å². The van der Waals surface area contributed by atoms with Gasteiger partial charge < -0.3 is 49.9 Å². The Balaban J connectivity index is 0.000000139. The van der Waals surface area contributed by atoms with Gasteiger partial charge in [-0.2, -0.15) is 34.2 Å². The number of hydrogen-bond acceptors (Lipinski definition) is 33. The van der Waals surface area contributed by atoms with E-state index in [9.17, 15) is 66.6 Å². The summed E-state index contributed by atoms with van der Waals surface area (Å²) in [5, 5.41) is 50.4. The maximum atomic E-state index is 14.9. The summed E-state index contributed by atoms with van der Waals surface area (Å²) < 4.78 is 89.7. The third-order valence-corrected chi connectivity index (χ3v) is 23.0. The number of rotatable bonds is 18. The zero-order valence-electron chi connectivity index (χ0n) is 73.1. The Kier molecular flexibility index (Phi) is 26.7. The number of nitrogens with one attached hydrogen (secondary N) is 4. The van der Waals surface area contributed by atoms with Gasteiger partial charge in [-0.05, 0) is 177 Å². The number of aromatic nitrogens is 20. The second-order valence-corrected chi connectivity index (χ2v) is 32.7. The lowest BCUT2D eigenvalue weighted by Crippen LogP contribution is -2.30. The van der Waals surface area contributed by atoms with Gasteiger partial charge in [0, 0.05) is 18.0 Å². The van der Waals surface area contributed by atoms with Crippen LogP contribution in [0, 0.1) is 116 Å². The predicted octanol–water partition coefficient (Wildman–Crippen LogP) is 14.4. The lowest BCUT2D eigenvalue weighted by Gasteiger charge is -2.24. The van der Waals surface area contributed by atoms with E-state index in [4.69, 9.17) is 73.4 Å². The van der Waals surface area contributed by atoms with Crippen LogP contribution in [0.25, 0.3) is 66.4 Å². The normalized spacial score (nSPS) is 13.1. The quantitative estimate of drug-likeness (QED) is 0.0360. The van der Waals surface area contributed by atoms with E-state index in [-0.39, 0.29) is 163 Å². The molecule has 0 bridgehead atoms. The fraction of sp³-hybridized carbons (Fsp3) is 0.209. The van der Waals surface area contributed by atoms with Crippen molar-refractivity contribution in [2.75, 3.05) is 49.9 Å². The van der Waals surface area contributed by atoms with Crippen LogP contribution in [0.1, 0.15) is 149 Å². The van der Waals surface area contributed by atoms with E-state index in [1.54, 1.807) is 90.2 Å². The molecule has 18 rings (SSSR count). The Morgan fingerprint density at radius 2 is 0.839 bits per heavy atom. The molecular formula is C91H74Cl3F6N33O4. The number of fused-ring (bicyclic) bond motifs is 4. The summed E-state index contributed by atoms with van der Waals surface area (Å²) in [6.07, 6.45) is 8.34. The molecule has 137 heavy (non-hydrogen) atoms. The number of nitrogens with zero attached hydrogens (tertiary/aromatic N) is 24. The topological polar surface area (TPSA) is 568 Å². The summed E-state index contributed by atoms with van der Waals surface area (Å²) >= 11 is 18.8. The number of nitrogen functional groups attached to an aromatic ring is 5. The summed E-state index contributed by atoms with van der Waals surface area (Å²) in [5.74, 6) is 1.54. The van der Waals surface area contributed by atoms with E-state index in [1.165, 1.54) is 88.0 Å². The van der Waals surface area contributed by atoms with Crippen LogP contribution >= 0.6 is 34.8 Å². The van der Waals surface area contributed by atoms with Gasteiger partial charge in [0.2, 0.25) is 0 Å². The van der Waals surface area contributed by atoms with E-state index in [0.29, 0.717) is 57.7 Å². The first kappa shape index (κ1) is 94.6. The van der Waals surface area contributed by atoms with Gasteiger partial charge in [0.1, 0.15) is 145 Å². The molecule has 0 radical (unpaired) electrons. The van der Waals surface area contributed by atoms with Gasteiger partial charge in [-0.1, -0.05) is 46.9 Å². The Bertz CT molecular complexity index is 8040. The summed E-state index contributed by atoms with van der Waals surface area (Å²) in [7, 11) is 0. The smallest absolute Gasteiger partial charge is 0.384 e. The van der Waals surface area contributed by atoms with Crippen molar-refractivity contribution in [3.8, 4) is 47.0 Å². The average molecular weight is 1910 g/mol. The number of nitriles is 4. The molecule has 37 nitrogen and oxygen atoms in total. The number of nitrogens with two attached hydrogens (primary N) is 5. The number of anilines is 9. The molecule has 690 valence electrons. The van der Waals surface area contributed by atoms with E-state index >= 15 is 0 Å². The minimum Gasteiger partial charge on any atom is -0.384 e. The molecule has 16 aromatic rings. The lowest BCUT2D eigenvalue weighted by molar-refractivity contribution is -0.136. The molecule has 12 heterocycles. The highest BCUT2D eigenvalue weighted by Crippen LogP contribution is 2.46. The minimum absolute atomic E-state index is 0.00564. The van der Waals surface area contributed by atoms with Gasteiger partial charge in [0.15, 0.2) is 23.3 Å². The predicted molar refractivity (Wildman–Crippen MR) is 500 cm³/mol. The molecule has 0 amide bonds. The summed E-state index contributed by atoms with van der Waals surface area (Å²) in [5.41, 5.74) is 28.6. The number of benzene rings is 4. The number of halogens is 9. The molecule has 2 saturated carbocycles. The molecule has 0 unspecified atom stereocenters. The Hall–Kier alpha value is -17.0. The minimum atomic E-state index is -4.75. The van der Waals surface area contributed by atoms with E-state index in [0.717, 1.165) is 54.1 Å². The van der Waals surface area contributed by atoms with Gasteiger partial charge in [0.25, 0.3) is 22.2 Å². The van der Waals surface area contributed by atoms with Crippen molar-refractivity contribution in [1.82, 2.24) is 98.0 Å². The maximum Gasteiger partial charge on any atom is 0.417 e. The lowest BCUT2D eigenvalue weighted by atomic mass is 10.1. The number of hydrogen-bond donors (Lipinski definition) is 9. The first-order valence-corrected chi connectivity index (χ1v) is 42.6. The van der Waals surface area contributed by atoms with Gasteiger partial charge in [0.05, 0.1) is 137 Å². The van der Waals surface area contributed by atoms with E-state index in [1.807, 2.05) is 31.2 Å². The Labute approximate surface area is 785 Å². The number of alkyl halides is 3. The van der Waals surface area contributed by atoms with Crippen LogP contribution in [0.4, 0.5) is 78.7 Å². The van der Waals surface area contributed by atoms with Crippen molar-refractivity contribution >= 4 is 131 Å². The van der Waals surface area contributed by atoms with Crippen molar-refractivity contribution in [3.05, 3.63) is 294 Å². The highest BCUT2D eigenvalue weighted by Gasteiger charge is 2.41. The van der Waals surface area contributed by atoms with Crippen molar-refractivity contribution < 1.29 is 26.3 Å². The molecule has 2 aliphatic carbocycles. The van der Waals surface area contributed by atoms with Gasteiger partial charge in [-0.3, -0.25) is 52.4 Å². The molecule has 0 aliphatic heterocycles. The molecule has 4 atom stereocenters. The Morgan fingerprint density at radius 3 is 1.31 bits per heavy atom. The maximum absolute atomic E-state index is 14.9. The standard InChI is InChI=1S/C24H19ClF2N8O.C23H18ClFN8O.C22H20ClN9O.C22H17F3N8O/c1-10-16(27)8-30-9-17(10)35-23(34-20-15(26)6-5-14(25)18(20)24(35)36)19(12-3-4-12)33-22-13(7-28)21(29)31-11(2)32-22;1-11-29-20(27)14(9-26)21(30-11)32-19(12-4-5-12)22-31-16-7-6-15(25)18(24)17(16)23(34)33(22)13-3-2-8-28-10-13;1-10-7-17(25)27-9-16(10)32-21(31-15-6-4-5-14(23)18(15)22(32)33)11(2)28-20-13(8-24)19(26)29-12(3)30-20;1-11(29-19-14(9-26)18(27)30-12(2)31-19)20-32-16-7-3-6-15(22(23,24)25)17(16)21(34)33(20)13-5-4-8-28-10-13/h5-6,8-9,12,19H,3-4H2,1-2H3,(H3,29,31,32,33);2-3,6-8,10,12,19H,4-5H2,1H3,(H3,27,29,30,32);4-7,9,11H,1-3H3,(H2,25,27)(H3,26,28,29,30);3-8,10-11H,1-2H3,(H3,27,29,30,31)/t2*19-;2*11-/m0000/s1. The van der Waals surface area contributed by atoms with E-state index < -0.39 is 75.4 Å². The second kappa shape index (κ2) is 38.7. The molecule has 0 saturated heterocycles. The van der Waals surface area contributed by atoms with Crippen LogP contribution in [0.2, 0.25) is 15.1 Å². The third-order valence-electron chi connectivity index (χ3n) is 22.0. The summed E-state index contributed by atoms with van der Waals surface area (Å²) in [4.78, 5) is 122. The van der Waals surface area contributed by atoms with Crippen molar-refractivity contribution in [3.63, 3.8) is 0 Å². The highest BCUT2D eigenvalue weighted by molar-refractivity contribution is 6.36. The fourth-order valence-corrected chi connectivity index (χ4v) is 16.0. The van der Waals surface area contributed by atoms with Crippen LogP contribution < -0.4 is 72.2 Å². The van der Waals surface area contributed by atoms with Gasteiger partial charge in [-0.25, -0.2) is 78.0 Å². The molecule has 4 aromatic carbocycles. The molecule has 2 aliphatic rings. The van der Waals surface area contributed by atoms with E-state index in [2.05, 4.69) is 91.0 Å². The first-order valence-electron chi connectivity index (χ1n) is 41.4. The van der Waals surface area contributed by atoms with Crippen LogP contribution in [-0.2, 0) is 6.18 Å². The Morgan fingerprint density at radius 1 is 0.423 bits per heavy atom. The molecule has 2 fully saturated rings. The van der Waals surface area contributed by atoms with Crippen molar-refractivity contribution in [1.29, 1.82) is 21.0 Å². The average Bonchev–Trinajstić information content (AvgIpc) is 0.997. The SMILES string of the molecule is Cc1nc(N)c(C#N)c(N[C@@H](C)c2nc3cccc(C(F)(F)F)c3c(=O)n2-c2cccnc2)n1.Cc1nc(N)c(C#N)c(N[C@@H](C)c2nc3cccc(Cl)c3c(=O)n2-c2cnc(N)cc2C)n1.Cc1nc(N)c(C#N)c(N[C@H](c2nc3c(F)ccc(Cl)c3c(=O)n2-c2cncc(F)c2C)C2CC2)n1.Cc1nc(N)c(C#N)c(N[C@H](c2nc3ccc(F)c(Cl)c3c(=O)n2-c2cccnc2)C2CC2)n1. The molecule has 0 spiro atoms. The number of aryl methyl sites for hydroxylation is 5. The van der Waals surface area contributed by atoms with Crippen LogP contribution in [0.15, 0.2) is 154 Å². The zero-order valence-corrected chi connectivity index (χ0v) is 75.4. The zero-order chi connectivity index (χ0) is 98.2. The summed E-state index contributed by atoms with van der Waals surface area (Å²) in [6, 6.07) is 27.0. The summed E-state index contributed by atoms with van der Waals surface area (Å²) in [6.45, 7) is 13.3. The number of pyridine rings is 4. The molecule has 46 heteroatoms. The van der Waals surface area contributed by atoms with Crippen LogP contribution in [-0.4, -0.2) is 98.0 Å². The highest BCUT2D eigenvalue weighted by atomic mass is 35.5. The second-order valence-electron chi connectivity index (χ2n) is 31.5. The molecule has 14 N–H and O–H groups in total. The van der Waals surface area contributed by atoms with Crippen molar-refractivity contribution in [2.24, 2.45) is 11.8 Å².